The van der Waals surface area contributed by atoms with E-state index in [1.165, 1.54) is 11.1 Å². The van der Waals surface area contributed by atoms with Crippen LogP contribution < -0.4 is 5.32 Å². The predicted octanol–water partition coefficient (Wildman–Crippen LogP) is 2.56. The maximum absolute atomic E-state index is 11.9. The molecule has 0 bridgehead atoms. The number of pyridine rings is 1. The molecule has 0 radical (unpaired) electrons. The first-order valence-electron chi connectivity index (χ1n) is 6.37. The molecule has 1 amide bonds. The van der Waals surface area contributed by atoms with Crippen molar-refractivity contribution >= 4 is 5.91 Å². The van der Waals surface area contributed by atoms with Crippen molar-refractivity contribution in [2.75, 3.05) is 0 Å². The van der Waals surface area contributed by atoms with Gasteiger partial charge in [-0.1, -0.05) is 24.3 Å². The monoisotopic (exact) mass is 254 g/mol. The molecule has 1 aromatic carbocycles. The van der Waals surface area contributed by atoms with Crippen LogP contribution in [0.25, 0.3) is 0 Å². The lowest BCUT2D eigenvalue weighted by molar-refractivity contribution is -0.120. The van der Waals surface area contributed by atoms with Crippen LogP contribution in [0.2, 0.25) is 0 Å². The van der Waals surface area contributed by atoms with Crippen LogP contribution >= 0.6 is 0 Å². The molecule has 0 saturated carbocycles. The van der Waals surface area contributed by atoms with Crippen LogP contribution in [0.15, 0.2) is 42.7 Å². The molecule has 1 heterocycles. The summed E-state index contributed by atoms with van der Waals surface area (Å²) >= 11 is 0. The van der Waals surface area contributed by atoms with Gasteiger partial charge in [-0.05, 0) is 42.2 Å². The van der Waals surface area contributed by atoms with Crippen molar-refractivity contribution in [2.24, 2.45) is 0 Å². The standard InChI is InChI=1S/C16H18N2O/c1-12-5-6-14(8-13(12)2)9-16(19)18-11-15-4-3-7-17-10-15/h3-8,10H,9,11H2,1-2H3,(H,18,19). The highest BCUT2D eigenvalue weighted by molar-refractivity contribution is 5.78. The molecule has 0 fully saturated rings. The molecule has 1 N–H and O–H groups in total. The summed E-state index contributed by atoms with van der Waals surface area (Å²) < 4.78 is 0. The number of hydrogen-bond donors (Lipinski definition) is 1. The van der Waals surface area contributed by atoms with E-state index >= 15 is 0 Å². The van der Waals surface area contributed by atoms with Gasteiger partial charge in [-0.25, -0.2) is 0 Å². The Bertz CT molecular complexity index is 564. The fourth-order valence-electron chi connectivity index (χ4n) is 1.86. The molecule has 19 heavy (non-hydrogen) atoms. The quantitative estimate of drug-likeness (QED) is 0.911. The number of aryl methyl sites for hydroxylation is 2. The van der Waals surface area contributed by atoms with Gasteiger partial charge >= 0.3 is 0 Å². The second-order valence-corrected chi connectivity index (χ2v) is 4.73. The lowest BCUT2D eigenvalue weighted by Gasteiger charge is -2.07. The summed E-state index contributed by atoms with van der Waals surface area (Å²) in [6, 6.07) is 9.94. The highest BCUT2D eigenvalue weighted by atomic mass is 16.1. The van der Waals surface area contributed by atoms with Crippen molar-refractivity contribution in [3.05, 3.63) is 65.0 Å². The van der Waals surface area contributed by atoms with Gasteiger partial charge in [0.2, 0.25) is 5.91 Å². The van der Waals surface area contributed by atoms with Gasteiger partial charge in [0, 0.05) is 18.9 Å². The first-order chi connectivity index (χ1) is 9.15. The number of rotatable bonds is 4. The molecule has 3 heteroatoms. The smallest absolute Gasteiger partial charge is 0.224 e. The minimum Gasteiger partial charge on any atom is -0.352 e. The van der Waals surface area contributed by atoms with Crippen LogP contribution in [0.3, 0.4) is 0 Å². The fourth-order valence-corrected chi connectivity index (χ4v) is 1.86. The summed E-state index contributed by atoms with van der Waals surface area (Å²) in [4.78, 5) is 15.9. The molecule has 0 aliphatic rings. The van der Waals surface area contributed by atoms with E-state index in [0.29, 0.717) is 13.0 Å². The topological polar surface area (TPSA) is 42.0 Å². The summed E-state index contributed by atoms with van der Waals surface area (Å²) in [5, 5.41) is 2.90. The molecule has 0 spiro atoms. The van der Waals surface area contributed by atoms with E-state index < -0.39 is 0 Å². The van der Waals surface area contributed by atoms with Crippen LogP contribution in [0.1, 0.15) is 22.3 Å². The number of hydrogen-bond acceptors (Lipinski definition) is 2. The number of nitrogens with one attached hydrogen (secondary N) is 1. The Morgan fingerprint density at radius 3 is 2.68 bits per heavy atom. The number of carbonyl (C=O) groups is 1. The van der Waals surface area contributed by atoms with E-state index in [2.05, 4.69) is 36.3 Å². The summed E-state index contributed by atoms with van der Waals surface area (Å²) in [6.07, 6.45) is 3.90. The third-order valence-electron chi connectivity index (χ3n) is 3.15. The van der Waals surface area contributed by atoms with E-state index in [1.807, 2.05) is 18.2 Å². The number of benzene rings is 1. The zero-order valence-electron chi connectivity index (χ0n) is 11.3. The summed E-state index contributed by atoms with van der Waals surface area (Å²) in [7, 11) is 0. The van der Waals surface area contributed by atoms with E-state index in [-0.39, 0.29) is 5.91 Å². The molecule has 0 unspecified atom stereocenters. The van der Waals surface area contributed by atoms with Crippen molar-refractivity contribution < 1.29 is 4.79 Å². The Morgan fingerprint density at radius 2 is 2.00 bits per heavy atom. The van der Waals surface area contributed by atoms with Crippen molar-refractivity contribution in [3.8, 4) is 0 Å². The van der Waals surface area contributed by atoms with E-state index in [9.17, 15) is 4.79 Å². The lowest BCUT2D eigenvalue weighted by Crippen LogP contribution is -2.24. The molecule has 0 saturated heterocycles. The molecule has 0 aliphatic heterocycles. The minimum absolute atomic E-state index is 0.0344. The molecular weight excluding hydrogens is 236 g/mol. The lowest BCUT2D eigenvalue weighted by atomic mass is 10.0. The van der Waals surface area contributed by atoms with Gasteiger partial charge < -0.3 is 5.32 Å². The predicted molar refractivity (Wildman–Crippen MR) is 75.7 cm³/mol. The van der Waals surface area contributed by atoms with Crippen molar-refractivity contribution in [3.63, 3.8) is 0 Å². The molecule has 0 aliphatic carbocycles. The Balaban J connectivity index is 1.89. The zero-order chi connectivity index (χ0) is 13.7. The van der Waals surface area contributed by atoms with Crippen LogP contribution in [-0.4, -0.2) is 10.9 Å². The third-order valence-corrected chi connectivity index (χ3v) is 3.15. The highest BCUT2D eigenvalue weighted by Crippen LogP contribution is 2.10. The van der Waals surface area contributed by atoms with Crippen LogP contribution in [0.4, 0.5) is 0 Å². The van der Waals surface area contributed by atoms with Gasteiger partial charge in [0.25, 0.3) is 0 Å². The summed E-state index contributed by atoms with van der Waals surface area (Å²) in [5.74, 6) is 0.0344. The molecule has 2 aromatic rings. The summed E-state index contributed by atoms with van der Waals surface area (Å²) in [6.45, 7) is 4.66. The zero-order valence-corrected chi connectivity index (χ0v) is 11.3. The van der Waals surface area contributed by atoms with Gasteiger partial charge in [-0.2, -0.15) is 0 Å². The minimum atomic E-state index is 0.0344. The third kappa shape index (κ3) is 3.91. The SMILES string of the molecule is Cc1ccc(CC(=O)NCc2cccnc2)cc1C. The average molecular weight is 254 g/mol. The average Bonchev–Trinajstić information content (AvgIpc) is 2.42. The maximum Gasteiger partial charge on any atom is 0.224 e. The number of nitrogens with zero attached hydrogens (tertiary/aromatic N) is 1. The Morgan fingerprint density at radius 1 is 1.16 bits per heavy atom. The summed E-state index contributed by atoms with van der Waals surface area (Å²) in [5.41, 5.74) is 4.53. The Hall–Kier alpha value is -2.16. The van der Waals surface area contributed by atoms with E-state index in [4.69, 9.17) is 0 Å². The largest absolute Gasteiger partial charge is 0.352 e. The molecule has 2 rings (SSSR count). The molecule has 1 aromatic heterocycles. The number of amides is 1. The van der Waals surface area contributed by atoms with Gasteiger partial charge in [0.05, 0.1) is 6.42 Å². The van der Waals surface area contributed by atoms with Crippen molar-refractivity contribution in [1.29, 1.82) is 0 Å². The molecule has 3 nitrogen and oxygen atoms in total. The molecule has 0 atom stereocenters. The second kappa shape index (κ2) is 6.14. The highest BCUT2D eigenvalue weighted by Gasteiger charge is 2.04. The van der Waals surface area contributed by atoms with Crippen molar-refractivity contribution in [2.45, 2.75) is 26.8 Å². The second-order valence-electron chi connectivity index (χ2n) is 4.73. The van der Waals surface area contributed by atoms with E-state index in [0.717, 1.165) is 11.1 Å². The van der Waals surface area contributed by atoms with Crippen LogP contribution in [0.5, 0.6) is 0 Å². The van der Waals surface area contributed by atoms with Gasteiger partial charge in [-0.3, -0.25) is 9.78 Å². The van der Waals surface area contributed by atoms with E-state index in [1.54, 1.807) is 12.4 Å². The van der Waals surface area contributed by atoms with Crippen LogP contribution in [-0.2, 0) is 17.8 Å². The molecule has 98 valence electrons. The maximum atomic E-state index is 11.9. The molecular formula is C16H18N2O. The normalized spacial score (nSPS) is 10.2. The Kier molecular flexibility index (Phi) is 4.29. The number of carbonyl (C=O) groups excluding carboxylic acids is 1. The fraction of sp³-hybridized carbons (Fsp3) is 0.250. The van der Waals surface area contributed by atoms with Gasteiger partial charge in [0.1, 0.15) is 0 Å². The first-order valence-corrected chi connectivity index (χ1v) is 6.37. The van der Waals surface area contributed by atoms with Crippen molar-refractivity contribution in [1.82, 2.24) is 10.3 Å². The first kappa shape index (κ1) is 13.3. The Labute approximate surface area is 113 Å². The van der Waals surface area contributed by atoms with Crippen LogP contribution in [0, 0.1) is 13.8 Å². The number of aromatic nitrogens is 1. The van der Waals surface area contributed by atoms with Gasteiger partial charge in [0.15, 0.2) is 0 Å². The van der Waals surface area contributed by atoms with Gasteiger partial charge in [-0.15, -0.1) is 0 Å².